The van der Waals surface area contributed by atoms with Crippen LogP contribution < -0.4 is 15.8 Å². The molecule has 2 atom stereocenters. The molecule has 0 heterocycles. The zero-order valence-corrected chi connectivity index (χ0v) is 21.8. The number of allylic oxidation sites excluding steroid dienone is 1. The number of para-hydroxylation sites is 1. The van der Waals surface area contributed by atoms with Crippen molar-refractivity contribution in [1.82, 2.24) is 10.7 Å². The first-order chi connectivity index (χ1) is 18.3. The average molecular weight is 514 g/mol. The van der Waals surface area contributed by atoms with Crippen LogP contribution in [0.15, 0.2) is 97.1 Å². The van der Waals surface area contributed by atoms with Gasteiger partial charge in [0.1, 0.15) is 0 Å². The summed E-state index contributed by atoms with van der Waals surface area (Å²) < 4.78 is 0. The van der Waals surface area contributed by atoms with E-state index in [0.717, 1.165) is 16.1 Å². The van der Waals surface area contributed by atoms with E-state index < -0.39 is 29.7 Å². The Labute approximate surface area is 224 Å². The van der Waals surface area contributed by atoms with Crippen LogP contribution >= 0.6 is 0 Å². The number of nitrogens with one attached hydrogen (secondary N) is 2. The second kappa shape index (κ2) is 14.4. The van der Waals surface area contributed by atoms with Crippen LogP contribution in [0.5, 0.6) is 0 Å². The number of anilines is 1. The Balaban J connectivity index is 1.80. The molecule has 38 heavy (non-hydrogen) atoms. The summed E-state index contributed by atoms with van der Waals surface area (Å²) in [5.74, 6) is -3.30. The van der Waals surface area contributed by atoms with E-state index in [1.165, 1.54) is 0 Å². The third-order valence-corrected chi connectivity index (χ3v) is 6.09. The molecule has 3 aromatic rings. The quantitative estimate of drug-likeness (QED) is 0.278. The number of carboxylic acid groups (broad SMARTS) is 1. The number of urea groups is 1. The maximum Gasteiger partial charge on any atom is 0.341 e. The Morgan fingerprint density at radius 3 is 2.00 bits per heavy atom. The fourth-order valence-corrected chi connectivity index (χ4v) is 4.17. The number of hydrogen-bond donors (Lipinski definition) is 3. The highest BCUT2D eigenvalue weighted by atomic mass is 16.4. The lowest BCUT2D eigenvalue weighted by atomic mass is 9.82. The maximum absolute atomic E-state index is 13.6. The van der Waals surface area contributed by atoms with Crippen molar-refractivity contribution in [3.63, 3.8) is 0 Å². The number of aliphatic carboxylic acids is 1. The van der Waals surface area contributed by atoms with Gasteiger partial charge in [-0.05, 0) is 42.0 Å². The van der Waals surface area contributed by atoms with Crippen molar-refractivity contribution < 1.29 is 19.5 Å². The van der Waals surface area contributed by atoms with Crippen molar-refractivity contribution in [2.75, 3.05) is 5.01 Å². The summed E-state index contributed by atoms with van der Waals surface area (Å²) in [6.45, 7) is 4.16. The molecule has 0 unspecified atom stereocenters. The van der Waals surface area contributed by atoms with Crippen LogP contribution in [0.4, 0.5) is 10.5 Å². The molecule has 0 aliphatic carbocycles. The highest BCUT2D eigenvalue weighted by molar-refractivity contribution is 5.96. The van der Waals surface area contributed by atoms with Crippen molar-refractivity contribution in [3.8, 4) is 0 Å². The van der Waals surface area contributed by atoms with E-state index in [2.05, 4.69) is 10.7 Å². The van der Waals surface area contributed by atoms with Crippen LogP contribution in [0.25, 0.3) is 6.08 Å². The molecular formula is C31H35N3O4. The van der Waals surface area contributed by atoms with Gasteiger partial charge in [0.25, 0.3) is 0 Å². The summed E-state index contributed by atoms with van der Waals surface area (Å²) in [5.41, 5.74) is 5.04. The lowest BCUT2D eigenvalue weighted by Crippen LogP contribution is -2.53. The van der Waals surface area contributed by atoms with Crippen LogP contribution in [0.3, 0.4) is 0 Å². The van der Waals surface area contributed by atoms with E-state index in [0.29, 0.717) is 12.1 Å². The van der Waals surface area contributed by atoms with E-state index in [1.807, 2.05) is 86.7 Å². The Morgan fingerprint density at radius 1 is 0.842 bits per heavy atom. The third-order valence-electron chi connectivity index (χ3n) is 6.09. The minimum atomic E-state index is -1.05. The molecular weight excluding hydrogens is 478 g/mol. The molecule has 0 aliphatic heterocycles. The molecule has 3 amide bonds. The van der Waals surface area contributed by atoms with Crippen LogP contribution in [-0.4, -0.2) is 23.0 Å². The lowest BCUT2D eigenvalue weighted by molar-refractivity contribution is -0.147. The SMILES string of the molecule is CC(C)C[C@@H](C(=O)NN(C(=O)NCc1ccccc1)c1ccccc1)[C@H](C/C=C/c1ccccc1)C(=O)O. The van der Waals surface area contributed by atoms with Gasteiger partial charge in [-0.15, -0.1) is 0 Å². The molecule has 0 radical (unpaired) electrons. The molecule has 0 aromatic heterocycles. The van der Waals surface area contributed by atoms with Crippen LogP contribution in [0.1, 0.15) is 37.8 Å². The molecule has 3 aromatic carbocycles. The van der Waals surface area contributed by atoms with Crippen molar-refractivity contribution in [2.24, 2.45) is 17.8 Å². The van der Waals surface area contributed by atoms with E-state index in [-0.39, 0.29) is 18.9 Å². The number of hydrazine groups is 1. The molecule has 0 fully saturated rings. The smallest absolute Gasteiger partial charge is 0.341 e. The van der Waals surface area contributed by atoms with Gasteiger partial charge in [0.15, 0.2) is 0 Å². The summed E-state index contributed by atoms with van der Waals surface area (Å²) >= 11 is 0. The predicted molar refractivity (Wildman–Crippen MR) is 150 cm³/mol. The fraction of sp³-hybridized carbons (Fsp3) is 0.258. The summed E-state index contributed by atoms with van der Waals surface area (Å²) in [7, 11) is 0. The summed E-state index contributed by atoms with van der Waals surface area (Å²) in [5, 5.41) is 14.0. The van der Waals surface area contributed by atoms with E-state index in [9.17, 15) is 19.5 Å². The molecule has 198 valence electrons. The van der Waals surface area contributed by atoms with Crippen molar-refractivity contribution in [1.29, 1.82) is 0 Å². The van der Waals surface area contributed by atoms with Crippen molar-refractivity contribution in [3.05, 3.63) is 108 Å². The van der Waals surface area contributed by atoms with Gasteiger partial charge in [0, 0.05) is 6.54 Å². The standard InChI is InChI=1S/C31H35N3O4/c1-23(2)21-28(27(30(36)37)20-12-17-24-13-6-3-7-14-24)29(35)33-34(26-18-10-5-11-19-26)31(38)32-22-25-15-8-4-9-16-25/h3-19,23,27-28H,20-22H2,1-2H3,(H,32,38)(H,33,35)(H,36,37)/b17-12+/t27-,28+/m0/s1. The van der Waals surface area contributed by atoms with E-state index >= 15 is 0 Å². The van der Waals surface area contributed by atoms with Gasteiger partial charge in [-0.3, -0.25) is 15.0 Å². The first-order valence-corrected chi connectivity index (χ1v) is 12.8. The molecule has 0 aliphatic rings. The van der Waals surface area contributed by atoms with Crippen LogP contribution in [0, 0.1) is 17.8 Å². The predicted octanol–water partition coefficient (Wildman–Crippen LogP) is 5.90. The molecule has 0 spiro atoms. The largest absolute Gasteiger partial charge is 0.481 e. The number of carbonyl (C=O) groups is 3. The van der Waals surface area contributed by atoms with Crippen molar-refractivity contribution >= 4 is 29.7 Å². The topological polar surface area (TPSA) is 98.7 Å². The van der Waals surface area contributed by atoms with E-state index in [4.69, 9.17) is 0 Å². The molecule has 7 nitrogen and oxygen atoms in total. The highest BCUT2D eigenvalue weighted by Crippen LogP contribution is 2.26. The zero-order valence-electron chi connectivity index (χ0n) is 21.8. The van der Waals surface area contributed by atoms with Gasteiger partial charge in [0.2, 0.25) is 5.91 Å². The minimum absolute atomic E-state index is 0.0720. The summed E-state index contributed by atoms with van der Waals surface area (Å²) in [6, 6.07) is 27.3. The maximum atomic E-state index is 13.6. The van der Waals surface area contributed by atoms with Gasteiger partial charge in [-0.2, -0.15) is 0 Å². The Hall–Kier alpha value is -4.39. The zero-order chi connectivity index (χ0) is 27.3. The van der Waals surface area contributed by atoms with Crippen molar-refractivity contribution in [2.45, 2.75) is 33.2 Å². The Kier molecular flexibility index (Phi) is 10.7. The third kappa shape index (κ3) is 8.62. The Bertz CT molecular complexity index is 1200. The fourth-order valence-electron chi connectivity index (χ4n) is 4.17. The molecule has 0 bridgehead atoms. The number of rotatable bonds is 11. The molecule has 3 N–H and O–H groups in total. The Morgan fingerprint density at radius 2 is 1.42 bits per heavy atom. The first-order valence-electron chi connectivity index (χ1n) is 12.8. The number of nitrogens with zero attached hydrogens (tertiary/aromatic N) is 1. The highest BCUT2D eigenvalue weighted by Gasteiger charge is 2.35. The van der Waals surface area contributed by atoms with Gasteiger partial charge >= 0.3 is 12.0 Å². The lowest BCUT2D eigenvalue weighted by Gasteiger charge is -2.29. The minimum Gasteiger partial charge on any atom is -0.481 e. The molecule has 3 rings (SSSR count). The van der Waals surface area contributed by atoms with Gasteiger partial charge < -0.3 is 10.4 Å². The first kappa shape index (κ1) is 28.2. The van der Waals surface area contributed by atoms with E-state index in [1.54, 1.807) is 30.3 Å². The second-order valence-corrected chi connectivity index (χ2v) is 9.52. The molecule has 0 saturated heterocycles. The van der Waals surface area contributed by atoms with Crippen LogP contribution in [-0.2, 0) is 16.1 Å². The monoisotopic (exact) mass is 513 g/mol. The molecule has 0 saturated carbocycles. The molecule has 7 heteroatoms. The summed E-state index contributed by atoms with van der Waals surface area (Å²) in [4.78, 5) is 39.1. The average Bonchev–Trinajstić information content (AvgIpc) is 2.93. The number of hydrogen-bond acceptors (Lipinski definition) is 3. The van der Waals surface area contributed by atoms with Gasteiger partial charge in [-0.1, -0.05) is 105 Å². The normalized spacial score (nSPS) is 12.6. The van der Waals surface area contributed by atoms with Gasteiger partial charge in [0.05, 0.1) is 17.5 Å². The number of carboxylic acids is 1. The number of carbonyl (C=O) groups excluding carboxylic acids is 2. The second-order valence-electron chi connectivity index (χ2n) is 9.52. The van der Waals surface area contributed by atoms with Crippen LogP contribution in [0.2, 0.25) is 0 Å². The number of amides is 3. The summed E-state index contributed by atoms with van der Waals surface area (Å²) in [6.07, 6.45) is 4.18. The number of benzene rings is 3. The van der Waals surface area contributed by atoms with Gasteiger partial charge in [-0.25, -0.2) is 9.80 Å².